The number of hydrogen-bond acceptors (Lipinski definition) is 1. The summed E-state index contributed by atoms with van der Waals surface area (Å²) >= 11 is 0. The molecule has 0 aliphatic carbocycles. The lowest BCUT2D eigenvalue weighted by molar-refractivity contribution is 0.670. The van der Waals surface area contributed by atoms with Crippen LogP contribution < -0.4 is 0 Å². The highest BCUT2D eigenvalue weighted by Gasteiger charge is 2.21. The minimum Gasteiger partial charge on any atom is -0.455 e. The van der Waals surface area contributed by atoms with E-state index in [-0.39, 0.29) is 16.3 Å². The van der Waals surface area contributed by atoms with Gasteiger partial charge in [-0.2, -0.15) is 0 Å². The molecule has 0 spiro atoms. The second-order valence-electron chi connectivity index (χ2n) is 12.1. The number of hydrogen-bond donors (Lipinski definition) is 0. The molecule has 1 aromatic heterocycles. The summed E-state index contributed by atoms with van der Waals surface area (Å²) in [5.41, 5.74) is -4.29. The van der Waals surface area contributed by atoms with E-state index in [9.17, 15) is 17.8 Å². The van der Waals surface area contributed by atoms with Crippen LogP contribution in [0.25, 0.3) is 110 Å². The molecule has 0 amide bonds. The van der Waals surface area contributed by atoms with Crippen LogP contribution in [-0.2, 0) is 0 Å². The summed E-state index contributed by atoms with van der Waals surface area (Å²) in [7, 11) is 0. The monoisotopic (exact) mass is 696 g/mol. The third-order valence-corrected chi connectivity index (χ3v) is 9.26. The van der Waals surface area contributed by atoms with Crippen molar-refractivity contribution in [3.8, 4) is 44.5 Å². The summed E-state index contributed by atoms with van der Waals surface area (Å²) in [6, 6.07) is -6.53. The maximum Gasteiger partial charge on any atom is 0.143 e. The molecule has 0 bridgehead atoms. The minimum absolute atomic E-state index is 0.0390. The summed E-state index contributed by atoms with van der Waals surface area (Å²) in [5, 5.41) is -3.06. The molecule has 11 rings (SSSR count). The lowest BCUT2D eigenvalue weighted by Gasteiger charge is -2.20. The fourth-order valence-electron chi connectivity index (χ4n) is 6.96. The van der Waals surface area contributed by atoms with E-state index in [2.05, 4.69) is 0 Å². The van der Waals surface area contributed by atoms with Gasteiger partial charge in [0.25, 0.3) is 0 Å². The minimum atomic E-state index is -0.954. The van der Waals surface area contributed by atoms with E-state index >= 15 is 0 Å². The van der Waals surface area contributed by atoms with Crippen molar-refractivity contribution >= 4 is 65.0 Å². The Morgan fingerprint density at radius 2 is 1.00 bits per heavy atom. The van der Waals surface area contributed by atoms with E-state index in [1.807, 2.05) is 12.1 Å². The predicted octanol–water partition coefficient (Wildman–Crippen LogP) is 14.9. The molecule has 1 heteroatoms. The van der Waals surface area contributed by atoms with Gasteiger partial charge in [-0.15, -0.1) is 0 Å². The Kier molecular flexibility index (Phi) is 3.25. The molecular weight excluding hydrogens is 641 g/mol. The quantitative estimate of drug-likeness (QED) is 0.167. The van der Waals surface area contributed by atoms with E-state index in [4.69, 9.17) is 19.5 Å². The van der Waals surface area contributed by atoms with Crippen LogP contribution in [0, 0.1) is 0 Å². The summed E-state index contributed by atoms with van der Waals surface area (Å²) in [4.78, 5) is 0. The Morgan fingerprint density at radius 3 is 1.83 bits per heavy atom. The Hall–Kier alpha value is -6.96. The highest BCUT2D eigenvalue weighted by atomic mass is 16.3. The Balaban J connectivity index is 1.39. The number of furan rings is 1. The van der Waals surface area contributed by atoms with Gasteiger partial charge < -0.3 is 4.42 Å². The Labute approximate surface area is 340 Å². The maximum absolute atomic E-state index is 9.70. The average Bonchev–Trinajstić information content (AvgIpc) is 3.82. The van der Waals surface area contributed by atoms with E-state index < -0.39 is 222 Å². The molecule has 0 saturated carbocycles. The second kappa shape index (κ2) is 11.8. The van der Waals surface area contributed by atoms with Gasteiger partial charge in [-0.3, -0.25) is 0 Å². The Bertz CT molecular complexity index is 4530. The highest BCUT2D eigenvalue weighted by Crippen LogP contribution is 2.48. The summed E-state index contributed by atoms with van der Waals surface area (Å²) < 4.78 is 227. The van der Waals surface area contributed by atoms with Crippen molar-refractivity contribution in [2.75, 3.05) is 0 Å². The molecule has 1 heterocycles. The molecule has 0 radical (unpaired) electrons. The molecule has 53 heavy (non-hydrogen) atoms. The summed E-state index contributed by atoms with van der Waals surface area (Å²) in [6.07, 6.45) is 0. The summed E-state index contributed by atoms with van der Waals surface area (Å²) in [6.45, 7) is 0. The van der Waals surface area contributed by atoms with Crippen LogP contribution in [0.2, 0.25) is 0 Å². The predicted molar refractivity (Wildman–Crippen MR) is 225 cm³/mol. The van der Waals surface area contributed by atoms with Gasteiger partial charge in [0.15, 0.2) is 0 Å². The first-order valence-corrected chi connectivity index (χ1v) is 16.3. The first kappa shape index (κ1) is 14.6. The van der Waals surface area contributed by atoms with Gasteiger partial charge in [0.1, 0.15) is 11.2 Å². The average molecular weight is 697 g/mol. The van der Waals surface area contributed by atoms with Crippen molar-refractivity contribution in [2.45, 2.75) is 0 Å². The standard InChI is InChI=1S/C52H32O/c1-2-15-35-31-37(28-27-33(35)13-1)50-42-20-7-9-22-44(42)51(45-23-10-8-21-43(45)50)41-19-6-5-18-40(41)46-25-12-26-47-48-32-36(29-30-49(48)53-52(46)47)39-24-11-16-34-14-3-4-17-38(34)39/h1-32H/i1D,2D,5D,6D,7D,8D,9D,10D,12D,13D,15D,19D,20D,21D,22D,23D,25D,26D,27D,28D,29D,30D,31D,32D. The zero-order chi connectivity index (χ0) is 55.8. The van der Waals surface area contributed by atoms with Gasteiger partial charge >= 0.3 is 0 Å². The first-order chi connectivity index (χ1) is 36.3. The topological polar surface area (TPSA) is 13.1 Å². The lowest BCUT2D eigenvalue weighted by Crippen LogP contribution is -1.93. The van der Waals surface area contributed by atoms with Crippen LogP contribution in [0.5, 0.6) is 0 Å². The van der Waals surface area contributed by atoms with Crippen molar-refractivity contribution in [2.24, 2.45) is 0 Å². The van der Waals surface area contributed by atoms with Crippen molar-refractivity contribution in [1.82, 2.24) is 0 Å². The number of benzene rings is 10. The molecule has 10 aromatic carbocycles. The van der Waals surface area contributed by atoms with Crippen molar-refractivity contribution < 1.29 is 37.3 Å². The van der Waals surface area contributed by atoms with Crippen molar-refractivity contribution in [1.29, 1.82) is 0 Å². The molecular formula is C52H32O. The molecule has 0 saturated heterocycles. The highest BCUT2D eigenvalue weighted by molar-refractivity contribution is 6.23. The van der Waals surface area contributed by atoms with Crippen LogP contribution in [0.15, 0.2) is 198 Å². The van der Waals surface area contributed by atoms with Gasteiger partial charge in [-0.1, -0.05) is 175 Å². The molecule has 0 fully saturated rings. The molecule has 1 nitrogen and oxygen atoms in total. The Morgan fingerprint density at radius 1 is 0.340 bits per heavy atom. The fourth-order valence-corrected chi connectivity index (χ4v) is 6.96. The van der Waals surface area contributed by atoms with E-state index in [0.29, 0.717) is 10.9 Å². The van der Waals surface area contributed by atoms with Crippen molar-refractivity contribution in [3.05, 3.63) is 194 Å². The van der Waals surface area contributed by atoms with E-state index in [1.54, 1.807) is 30.3 Å². The third kappa shape index (κ3) is 4.64. The summed E-state index contributed by atoms with van der Waals surface area (Å²) in [5.74, 6) is 0. The second-order valence-corrected chi connectivity index (χ2v) is 12.1. The SMILES string of the molecule is [2H]c1cc(-c2c([2H])c([2H])c([2H])c3c2oc2c([2H])c([2H])c(-c4cccc5ccccc45)c([2H])c23)c(-c2c3c([2H])c([2H])c([2H])c([2H])c3c(-c3c([2H])c([2H])c4c([2H])c([2H])c([2H])c([2H])c4c3[2H])c3c([2H])c([2H])c([2H])c([2H])c23)c([2H])c1[2H]. The van der Waals surface area contributed by atoms with Crippen LogP contribution in [0.1, 0.15) is 32.9 Å². The van der Waals surface area contributed by atoms with Gasteiger partial charge in [-0.25, -0.2) is 0 Å². The number of fused-ring (bicyclic) bond motifs is 7. The van der Waals surface area contributed by atoms with Crippen LogP contribution in [0.3, 0.4) is 0 Å². The van der Waals surface area contributed by atoms with E-state index in [0.717, 1.165) is 11.5 Å². The molecule has 0 unspecified atom stereocenters. The van der Waals surface area contributed by atoms with Crippen LogP contribution in [0.4, 0.5) is 0 Å². The number of rotatable bonds is 4. The lowest BCUT2D eigenvalue weighted by atomic mass is 9.83. The zero-order valence-electron chi connectivity index (χ0n) is 51.0. The largest absolute Gasteiger partial charge is 0.455 e. The zero-order valence-corrected chi connectivity index (χ0v) is 27.0. The van der Waals surface area contributed by atoms with Gasteiger partial charge in [-0.05, 0) is 100 Å². The molecule has 0 N–H and O–H groups in total. The van der Waals surface area contributed by atoms with Gasteiger partial charge in [0, 0.05) is 16.3 Å². The maximum atomic E-state index is 9.70. The van der Waals surface area contributed by atoms with Crippen LogP contribution in [-0.4, -0.2) is 0 Å². The normalized spacial score (nSPS) is 18.1. The fraction of sp³-hybridized carbons (Fsp3) is 0. The van der Waals surface area contributed by atoms with Crippen molar-refractivity contribution in [3.63, 3.8) is 0 Å². The molecule has 246 valence electrons. The van der Waals surface area contributed by atoms with E-state index in [1.165, 1.54) is 0 Å². The first-order valence-electron chi connectivity index (χ1n) is 28.3. The number of para-hydroxylation sites is 1. The van der Waals surface area contributed by atoms with Gasteiger partial charge in [0.05, 0.1) is 32.9 Å². The molecule has 0 aliphatic heterocycles. The third-order valence-electron chi connectivity index (χ3n) is 9.26. The van der Waals surface area contributed by atoms with Crippen LogP contribution >= 0.6 is 0 Å². The van der Waals surface area contributed by atoms with Gasteiger partial charge in [0.2, 0.25) is 0 Å². The molecule has 0 atom stereocenters. The molecule has 11 aromatic rings. The smallest absolute Gasteiger partial charge is 0.143 e. The molecule has 0 aliphatic rings.